The van der Waals surface area contributed by atoms with E-state index in [0.717, 1.165) is 24.3 Å². The van der Waals surface area contributed by atoms with E-state index < -0.39 is 0 Å². The fourth-order valence-electron chi connectivity index (χ4n) is 3.68. The maximum absolute atomic E-state index is 4.44. The van der Waals surface area contributed by atoms with Crippen LogP contribution in [0.25, 0.3) is 0 Å². The third kappa shape index (κ3) is 1.47. The topological polar surface area (TPSA) is 28.0 Å². The zero-order chi connectivity index (χ0) is 10.4. The van der Waals surface area contributed by atoms with Crippen LogP contribution in [0.2, 0.25) is 0 Å². The van der Waals surface area contributed by atoms with Gasteiger partial charge in [0.05, 0.1) is 12.1 Å². The minimum absolute atomic E-state index is 0.513. The Kier molecular flexibility index (Phi) is 2.22. The molecule has 3 aliphatic rings. The lowest BCUT2D eigenvalue weighted by molar-refractivity contribution is 0.202. The van der Waals surface area contributed by atoms with Gasteiger partial charge in [-0.3, -0.25) is 5.01 Å². The molecular formula is C12H21N3. The smallest absolute Gasteiger partial charge is 0.0949 e. The Morgan fingerprint density at radius 2 is 1.87 bits per heavy atom. The second-order valence-electron chi connectivity index (χ2n) is 5.44. The molecule has 3 rings (SSSR count). The highest BCUT2D eigenvalue weighted by Crippen LogP contribution is 2.53. The van der Waals surface area contributed by atoms with Crippen LogP contribution in [0.1, 0.15) is 39.5 Å². The van der Waals surface area contributed by atoms with E-state index in [0.29, 0.717) is 12.1 Å². The fourth-order valence-corrected chi connectivity index (χ4v) is 3.68. The van der Waals surface area contributed by atoms with Gasteiger partial charge in [0.15, 0.2) is 0 Å². The van der Waals surface area contributed by atoms with E-state index in [1.807, 2.05) is 0 Å². The number of likely N-dealkylation sites (N-methyl/N-ethyl adjacent to an activating group) is 1. The number of fused-ring (bicyclic) bond motifs is 2. The normalized spacial score (nSPS) is 48.1. The highest BCUT2D eigenvalue weighted by atomic mass is 15.6. The van der Waals surface area contributed by atoms with Crippen LogP contribution >= 0.6 is 0 Å². The van der Waals surface area contributed by atoms with Crippen LogP contribution in [0, 0.1) is 17.8 Å². The van der Waals surface area contributed by atoms with Crippen molar-refractivity contribution >= 4 is 0 Å². The number of hydrogen-bond acceptors (Lipinski definition) is 3. The van der Waals surface area contributed by atoms with Crippen LogP contribution in [-0.4, -0.2) is 23.6 Å². The molecule has 0 bridgehead atoms. The molecule has 2 saturated carbocycles. The Bertz CT molecular complexity index is 276. The lowest BCUT2D eigenvalue weighted by atomic mass is 9.93. The van der Waals surface area contributed by atoms with Crippen molar-refractivity contribution < 1.29 is 0 Å². The van der Waals surface area contributed by atoms with Crippen molar-refractivity contribution in [2.24, 2.45) is 28.1 Å². The van der Waals surface area contributed by atoms with E-state index in [4.69, 9.17) is 0 Å². The van der Waals surface area contributed by atoms with Gasteiger partial charge in [-0.15, -0.1) is 0 Å². The third-order valence-corrected chi connectivity index (χ3v) is 4.82. The summed E-state index contributed by atoms with van der Waals surface area (Å²) in [6.45, 7) is 5.63. The second kappa shape index (κ2) is 3.46. The highest BCUT2D eigenvalue weighted by Gasteiger charge is 2.48. The Balaban J connectivity index is 1.69. The molecule has 2 fully saturated rings. The fraction of sp³-hybridized carbons (Fsp3) is 1.00. The number of nitrogens with zero attached hydrogens (tertiary/aromatic N) is 3. The molecule has 15 heavy (non-hydrogen) atoms. The molecule has 0 N–H and O–H groups in total. The maximum Gasteiger partial charge on any atom is 0.0949 e. The quantitative estimate of drug-likeness (QED) is 0.649. The second-order valence-corrected chi connectivity index (χ2v) is 5.44. The first-order chi connectivity index (χ1) is 7.31. The highest BCUT2D eigenvalue weighted by molar-refractivity contribution is 4.99. The summed E-state index contributed by atoms with van der Waals surface area (Å²) < 4.78 is 0. The van der Waals surface area contributed by atoms with Crippen molar-refractivity contribution in [2.75, 3.05) is 6.54 Å². The standard InChI is InChI=1S/C12H21N3/c1-3-15-12-7-5-10-8(2)9(10)4-6-11(12)13-14-15/h8-12H,3-7H2,1-2H3/t8-,9?,10?,11?,12?/m1/s1. The average Bonchev–Trinajstić information content (AvgIpc) is 2.67. The first-order valence-corrected chi connectivity index (χ1v) is 6.48. The first kappa shape index (κ1) is 9.61. The third-order valence-electron chi connectivity index (χ3n) is 4.82. The zero-order valence-electron chi connectivity index (χ0n) is 9.76. The van der Waals surface area contributed by atoms with E-state index in [9.17, 15) is 0 Å². The van der Waals surface area contributed by atoms with Gasteiger partial charge in [-0.1, -0.05) is 12.1 Å². The van der Waals surface area contributed by atoms with Crippen molar-refractivity contribution in [2.45, 2.75) is 51.6 Å². The van der Waals surface area contributed by atoms with Crippen molar-refractivity contribution in [3.8, 4) is 0 Å². The summed E-state index contributed by atoms with van der Waals surface area (Å²) >= 11 is 0. The van der Waals surface area contributed by atoms with Crippen molar-refractivity contribution in [3.05, 3.63) is 0 Å². The van der Waals surface area contributed by atoms with Gasteiger partial charge < -0.3 is 0 Å². The molecule has 2 aliphatic carbocycles. The Hall–Kier alpha value is -0.600. The van der Waals surface area contributed by atoms with Gasteiger partial charge in [0.1, 0.15) is 0 Å². The molecule has 5 atom stereocenters. The Labute approximate surface area is 91.9 Å². The van der Waals surface area contributed by atoms with E-state index in [-0.39, 0.29) is 0 Å². The van der Waals surface area contributed by atoms with Crippen molar-refractivity contribution in [3.63, 3.8) is 0 Å². The van der Waals surface area contributed by atoms with Crippen molar-refractivity contribution in [1.82, 2.24) is 5.01 Å². The SMILES string of the molecule is CCN1N=NC2CCC3C(CCC21)[C@@H]3C. The molecule has 4 unspecified atom stereocenters. The number of rotatable bonds is 1. The molecular weight excluding hydrogens is 186 g/mol. The lowest BCUT2D eigenvalue weighted by Crippen LogP contribution is -2.35. The Morgan fingerprint density at radius 3 is 2.60 bits per heavy atom. The van der Waals surface area contributed by atoms with Gasteiger partial charge in [0, 0.05) is 6.54 Å². The van der Waals surface area contributed by atoms with Gasteiger partial charge in [-0.05, 0) is 50.4 Å². The number of hydrogen-bond donors (Lipinski definition) is 0. The Morgan fingerprint density at radius 1 is 1.13 bits per heavy atom. The van der Waals surface area contributed by atoms with E-state index in [1.165, 1.54) is 25.7 Å². The monoisotopic (exact) mass is 207 g/mol. The van der Waals surface area contributed by atoms with E-state index in [2.05, 4.69) is 29.2 Å². The average molecular weight is 207 g/mol. The summed E-state index contributed by atoms with van der Waals surface area (Å²) in [4.78, 5) is 0. The first-order valence-electron chi connectivity index (χ1n) is 6.48. The molecule has 1 heterocycles. The molecule has 0 amide bonds. The van der Waals surface area contributed by atoms with E-state index in [1.54, 1.807) is 0 Å². The van der Waals surface area contributed by atoms with Crippen molar-refractivity contribution in [1.29, 1.82) is 0 Å². The summed E-state index contributed by atoms with van der Waals surface area (Å²) in [7, 11) is 0. The molecule has 0 radical (unpaired) electrons. The minimum atomic E-state index is 0.513. The molecule has 3 heteroatoms. The predicted octanol–water partition coefficient (Wildman–Crippen LogP) is 2.88. The summed E-state index contributed by atoms with van der Waals surface area (Å²) in [5, 5.41) is 10.9. The van der Waals surface area contributed by atoms with Crippen LogP contribution in [0.4, 0.5) is 0 Å². The van der Waals surface area contributed by atoms with Gasteiger partial charge >= 0.3 is 0 Å². The zero-order valence-corrected chi connectivity index (χ0v) is 9.76. The van der Waals surface area contributed by atoms with Gasteiger partial charge in [0.2, 0.25) is 0 Å². The summed E-state index contributed by atoms with van der Waals surface area (Å²) in [5.41, 5.74) is 0. The predicted molar refractivity (Wildman–Crippen MR) is 59.4 cm³/mol. The minimum Gasteiger partial charge on any atom is -0.274 e. The van der Waals surface area contributed by atoms with Crippen LogP contribution in [0.3, 0.4) is 0 Å². The molecule has 0 aromatic carbocycles. The largest absolute Gasteiger partial charge is 0.274 e. The molecule has 1 aliphatic heterocycles. The summed E-state index contributed by atoms with van der Waals surface area (Å²) in [5.74, 6) is 3.05. The molecule has 0 aromatic heterocycles. The summed E-state index contributed by atoms with van der Waals surface area (Å²) in [6, 6.07) is 1.14. The summed E-state index contributed by atoms with van der Waals surface area (Å²) in [6.07, 6.45) is 5.39. The maximum atomic E-state index is 4.44. The van der Waals surface area contributed by atoms with Gasteiger partial charge in [-0.2, -0.15) is 5.11 Å². The van der Waals surface area contributed by atoms with Crippen LogP contribution in [0.15, 0.2) is 10.3 Å². The lowest BCUT2D eigenvalue weighted by Gasteiger charge is -2.26. The molecule has 0 aromatic rings. The van der Waals surface area contributed by atoms with Crippen LogP contribution < -0.4 is 0 Å². The molecule has 0 saturated heterocycles. The van der Waals surface area contributed by atoms with Gasteiger partial charge in [0.25, 0.3) is 0 Å². The van der Waals surface area contributed by atoms with E-state index >= 15 is 0 Å². The molecule has 3 nitrogen and oxygen atoms in total. The molecule has 0 spiro atoms. The van der Waals surface area contributed by atoms with Crippen LogP contribution in [-0.2, 0) is 0 Å². The van der Waals surface area contributed by atoms with Gasteiger partial charge in [-0.25, -0.2) is 0 Å². The molecule has 84 valence electrons. The van der Waals surface area contributed by atoms with Crippen LogP contribution in [0.5, 0.6) is 0 Å².